The van der Waals surface area contributed by atoms with Crippen molar-refractivity contribution in [2.45, 2.75) is 63.6 Å². The summed E-state index contributed by atoms with van der Waals surface area (Å²) in [6.07, 6.45) is 11.4. The molecule has 1 aromatic rings. The molecule has 2 aliphatic carbocycles. The van der Waals surface area contributed by atoms with E-state index in [0.29, 0.717) is 24.7 Å². The number of carboxylic acids is 1. The summed E-state index contributed by atoms with van der Waals surface area (Å²) in [4.78, 5) is 10.6. The van der Waals surface area contributed by atoms with Gasteiger partial charge >= 0.3 is 5.97 Å². The van der Waals surface area contributed by atoms with Crippen molar-refractivity contribution in [1.82, 2.24) is 0 Å². The predicted molar refractivity (Wildman–Crippen MR) is 110 cm³/mol. The molecule has 0 heterocycles. The summed E-state index contributed by atoms with van der Waals surface area (Å²) in [6.45, 7) is 0. The summed E-state index contributed by atoms with van der Waals surface area (Å²) in [7, 11) is 0. The molecular formula is C24H32O4. The zero-order valence-corrected chi connectivity index (χ0v) is 16.4. The van der Waals surface area contributed by atoms with Gasteiger partial charge in [-0.3, -0.25) is 4.79 Å². The normalized spacial score (nSPS) is 29.4. The van der Waals surface area contributed by atoms with Crippen LogP contribution in [0, 0.1) is 17.8 Å². The number of aliphatic carboxylic acids is 1. The number of hydrogen-bond donors (Lipinski definition) is 3. The summed E-state index contributed by atoms with van der Waals surface area (Å²) in [5.41, 5.74) is 2.64. The predicted octanol–water partition coefficient (Wildman–Crippen LogP) is 4.12. The number of carboxylic acid groups (broad SMARTS) is 1. The van der Waals surface area contributed by atoms with Crippen LogP contribution in [-0.2, 0) is 11.2 Å². The van der Waals surface area contributed by atoms with Crippen molar-refractivity contribution in [2.75, 3.05) is 0 Å². The molecule has 0 aliphatic heterocycles. The molecule has 2 fully saturated rings. The summed E-state index contributed by atoms with van der Waals surface area (Å²) in [5.74, 6) is 0.331. The summed E-state index contributed by atoms with van der Waals surface area (Å²) < 4.78 is 0. The first kappa shape index (κ1) is 20.8. The average Bonchev–Trinajstić information content (AvgIpc) is 3.19. The molecule has 4 nitrogen and oxygen atoms in total. The lowest BCUT2D eigenvalue weighted by atomic mass is 9.90. The Labute approximate surface area is 167 Å². The highest BCUT2D eigenvalue weighted by atomic mass is 16.4. The van der Waals surface area contributed by atoms with Crippen LogP contribution in [0.4, 0.5) is 0 Å². The number of aliphatic hydroxyl groups is 2. The molecule has 1 aromatic carbocycles. The Hall–Kier alpha value is -1.91. The van der Waals surface area contributed by atoms with Crippen molar-refractivity contribution in [3.05, 3.63) is 59.7 Å². The summed E-state index contributed by atoms with van der Waals surface area (Å²) in [5, 5.41) is 29.5. The van der Waals surface area contributed by atoms with Gasteiger partial charge in [0, 0.05) is 12.3 Å². The first-order chi connectivity index (χ1) is 13.5. The number of hydrogen-bond acceptors (Lipinski definition) is 3. The lowest BCUT2D eigenvalue weighted by Gasteiger charge is -2.18. The SMILES string of the molecule is O=C(O)CCCC=C1C[C@@H]2C[C@@H](O)[C@H](C=C[C@H](O)CCc3ccccc3)[C@H]2C1. The minimum Gasteiger partial charge on any atom is -0.481 e. The molecule has 4 heteroatoms. The molecule has 152 valence electrons. The quantitative estimate of drug-likeness (QED) is 0.442. The first-order valence-corrected chi connectivity index (χ1v) is 10.5. The van der Waals surface area contributed by atoms with Gasteiger partial charge in [0.05, 0.1) is 12.2 Å². The number of unbranched alkanes of at least 4 members (excludes halogenated alkanes) is 1. The summed E-state index contributed by atoms with van der Waals surface area (Å²) in [6, 6.07) is 10.2. The number of aryl methyl sites for hydroxylation is 1. The molecule has 0 saturated heterocycles. The zero-order chi connectivity index (χ0) is 19.9. The Balaban J connectivity index is 1.49. The Bertz CT molecular complexity index is 694. The molecule has 5 atom stereocenters. The fraction of sp³-hybridized carbons (Fsp3) is 0.542. The van der Waals surface area contributed by atoms with Gasteiger partial charge in [0.25, 0.3) is 0 Å². The molecular weight excluding hydrogens is 352 g/mol. The minimum atomic E-state index is -0.735. The highest BCUT2D eigenvalue weighted by Gasteiger charge is 2.44. The standard InChI is InChI=1S/C24H32O4/c25-20(11-10-17-6-2-1-3-7-17)12-13-21-22-15-18(8-4-5-9-24(27)28)14-19(22)16-23(21)26/h1-3,6-8,12-13,19-23,25-26H,4-5,9-11,14-16H2,(H,27,28)/t19-,20-,21-,22+,23-/m1/s1. The van der Waals surface area contributed by atoms with Crippen LogP contribution in [0.15, 0.2) is 54.1 Å². The van der Waals surface area contributed by atoms with E-state index >= 15 is 0 Å². The number of carbonyl (C=O) groups is 1. The number of benzene rings is 1. The van der Waals surface area contributed by atoms with Gasteiger partial charge in [-0.2, -0.15) is 0 Å². The van der Waals surface area contributed by atoms with E-state index in [4.69, 9.17) is 5.11 Å². The Morgan fingerprint density at radius 2 is 2.00 bits per heavy atom. The minimum absolute atomic E-state index is 0.112. The lowest BCUT2D eigenvalue weighted by Crippen LogP contribution is -2.17. The number of fused-ring (bicyclic) bond motifs is 1. The third-order valence-electron chi connectivity index (χ3n) is 6.27. The first-order valence-electron chi connectivity index (χ1n) is 10.5. The van der Waals surface area contributed by atoms with Crippen LogP contribution < -0.4 is 0 Å². The topological polar surface area (TPSA) is 77.8 Å². The third-order valence-corrected chi connectivity index (χ3v) is 6.27. The Morgan fingerprint density at radius 1 is 1.21 bits per heavy atom. The van der Waals surface area contributed by atoms with Gasteiger partial charge in [-0.15, -0.1) is 0 Å². The average molecular weight is 385 g/mol. The molecule has 0 amide bonds. The van der Waals surface area contributed by atoms with Crippen molar-refractivity contribution in [3.8, 4) is 0 Å². The van der Waals surface area contributed by atoms with Crippen molar-refractivity contribution in [3.63, 3.8) is 0 Å². The van der Waals surface area contributed by atoms with Crippen molar-refractivity contribution >= 4 is 5.97 Å². The largest absolute Gasteiger partial charge is 0.481 e. The van der Waals surface area contributed by atoms with E-state index in [1.807, 2.05) is 30.4 Å². The van der Waals surface area contributed by atoms with Crippen LogP contribution in [0.5, 0.6) is 0 Å². The maximum absolute atomic E-state index is 10.6. The second-order valence-corrected chi connectivity index (χ2v) is 8.34. The Kier molecular flexibility index (Phi) is 7.46. The molecule has 0 radical (unpaired) electrons. The Morgan fingerprint density at radius 3 is 2.75 bits per heavy atom. The monoisotopic (exact) mass is 384 g/mol. The van der Waals surface area contributed by atoms with Crippen LogP contribution in [0.2, 0.25) is 0 Å². The second kappa shape index (κ2) is 10.0. The highest BCUT2D eigenvalue weighted by molar-refractivity contribution is 5.66. The van der Waals surface area contributed by atoms with Crippen LogP contribution in [0.25, 0.3) is 0 Å². The fourth-order valence-electron chi connectivity index (χ4n) is 4.81. The molecule has 28 heavy (non-hydrogen) atoms. The van der Waals surface area contributed by atoms with Gasteiger partial charge in [-0.25, -0.2) is 0 Å². The van der Waals surface area contributed by atoms with Gasteiger partial charge in [0.1, 0.15) is 0 Å². The maximum atomic E-state index is 10.6. The van der Waals surface area contributed by atoms with E-state index in [1.165, 1.54) is 11.1 Å². The van der Waals surface area contributed by atoms with Crippen molar-refractivity contribution < 1.29 is 20.1 Å². The molecule has 0 bridgehead atoms. The molecule has 2 aliphatic rings. The van der Waals surface area contributed by atoms with Crippen LogP contribution in [0.3, 0.4) is 0 Å². The van der Waals surface area contributed by atoms with E-state index < -0.39 is 12.1 Å². The van der Waals surface area contributed by atoms with E-state index in [9.17, 15) is 15.0 Å². The number of rotatable bonds is 9. The molecule has 0 unspecified atom stereocenters. The van der Waals surface area contributed by atoms with Crippen LogP contribution >= 0.6 is 0 Å². The van der Waals surface area contributed by atoms with Gasteiger partial charge < -0.3 is 15.3 Å². The van der Waals surface area contributed by atoms with E-state index in [-0.39, 0.29) is 18.4 Å². The second-order valence-electron chi connectivity index (χ2n) is 8.34. The molecule has 0 aromatic heterocycles. The lowest BCUT2D eigenvalue weighted by molar-refractivity contribution is -0.137. The van der Waals surface area contributed by atoms with Crippen molar-refractivity contribution in [1.29, 1.82) is 0 Å². The van der Waals surface area contributed by atoms with Gasteiger partial charge in [0.15, 0.2) is 0 Å². The maximum Gasteiger partial charge on any atom is 0.303 e. The fourth-order valence-corrected chi connectivity index (χ4v) is 4.81. The van der Waals surface area contributed by atoms with E-state index in [0.717, 1.165) is 32.1 Å². The smallest absolute Gasteiger partial charge is 0.303 e. The van der Waals surface area contributed by atoms with Crippen molar-refractivity contribution in [2.24, 2.45) is 17.8 Å². The third kappa shape index (κ3) is 5.79. The molecule has 0 spiro atoms. The van der Waals surface area contributed by atoms with Gasteiger partial charge in [-0.1, -0.05) is 54.1 Å². The zero-order valence-electron chi connectivity index (χ0n) is 16.4. The molecule has 2 saturated carbocycles. The van der Waals surface area contributed by atoms with Crippen LogP contribution in [0.1, 0.15) is 50.5 Å². The van der Waals surface area contributed by atoms with Gasteiger partial charge in [-0.05, 0) is 62.3 Å². The number of allylic oxidation sites excluding steroid dienone is 2. The molecule has 3 rings (SSSR count). The summed E-state index contributed by atoms with van der Waals surface area (Å²) >= 11 is 0. The molecule has 3 N–H and O–H groups in total. The van der Waals surface area contributed by atoms with E-state index in [2.05, 4.69) is 18.2 Å². The highest BCUT2D eigenvalue weighted by Crippen LogP contribution is 2.50. The van der Waals surface area contributed by atoms with E-state index in [1.54, 1.807) is 0 Å². The van der Waals surface area contributed by atoms with Crippen LogP contribution in [-0.4, -0.2) is 33.5 Å². The van der Waals surface area contributed by atoms with Gasteiger partial charge in [0.2, 0.25) is 0 Å². The number of aliphatic hydroxyl groups excluding tert-OH is 2.